The first kappa shape index (κ1) is 14.4. The monoisotopic (exact) mass is 327 g/mol. The molecule has 0 aliphatic heterocycles. The minimum absolute atomic E-state index is 0.0237. The average molecular weight is 327 g/mol. The molecule has 0 spiro atoms. The molecule has 3 heterocycles. The number of nitrogens with zero attached hydrogens (tertiary/aromatic N) is 3. The third-order valence-electron chi connectivity index (χ3n) is 4.41. The predicted molar refractivity (Wildman–Crippen MR) is 88.8 cm³/mol. The van der Waals surface area contributed by atoms with Crippen molar-refractivity contribution >= 4 is 22.3 Å². The molecule has 0 amide bonds. The fourth-order valence-corrected chi connectivity index (χ4v) is 4.67. The molecule has 4 rings (SSSR count). The number of rotatable bonds is 3. The van der Waals surface area contributed by atoms with E-state index in [1.807, 2.05) is 12.1 Å². The molecule has 3 aromatic heterocycles. The number of fused-ring (bicyclic) bond motifs is 3. The standard InChI is InChI=1S/C17H17N3O2S/c1-10-4-5-12-14(7-10)23-17-19-16(11-3-2-6-18-9-11)13(20(12)17)8-15(21)22/h2-3,6,9-10H,4-5,7-8H2,1H3,(H,21,22). The van der Waals surface area contributed by atoms with Crippen molar-refractivity contribution in [2.24, 2.45) is 5.92 Å². The molecule has 23 heavy (non-hydrogen) atoms. The van der Waals surface area contributed by atoms with Crippen LogP contribution in [0.2, 0.25) is 0 Å². The van der Waals surface area contributed by atoms with Crippen molar-refractivity contribution in [1.29, 1.82) is 0 Å². The van der Waals surface area contributed by atoms with Crippen molar-refractivity contribution in [2.75, 3.05) is 0 Å². The molecule has 0 saturated heterocycles. The number of carbonyl (C=O) groups is 1. The van der Waals surface area contributed by atoms with Crippen LogP contribution in [0.3, 0.4) is 0 Å². The molecule has 118 valence electrons. The van der Waals surface area contributed by atoms with Gasteiger partial charge in [-0.05, 0) is 37.3 Å². The number of aryl methyl sites for hydroxylation is 1. The maximum absolute atomic E-state index is 11.4. The molecule has 1 aliphatic rings. The van der Waals surface area contributed by atoms with Crippen LogP contribution in [-0.4, -0.2) is 25.4 Å². The van der Waals surface area contributed by atoms with Gasteiger partial charge < -0.3 is 5.11 Å². The largest absolute Gasteiger partial charge is 0.481 e. The summed E-state index contributed by atoms with van der Waals surface area (Å²) in [6, 6.07) is 3.78. The Bertz CT molecular complexity index is 882. The van der Waals surface area contributed by atoms with Gasteiger partial charge in [-0.3, -0.25) is 14.2 Å². The number of hydrogen-bond acceptors (Lipinski definition) is 4. The molecule has 1 N–H and O–H groups in total. The van der Waals surface area contributed by atoms with Gasteiger partial charge in [0.15, 0.2) is 4.96 Å². The van der Waals surface area contributed by atoms with Crippen molar-refractivity contribution in [3.8, 4) is 11.3 Å². The van der Waals surface area contributed by atoms with E-state index in [1.54, 1.807) is 23.7 Å². The first-order chi connectivity index (χ1) is 11.1. The fourth-order valence-electron chi connectivity index (χ4n) is 3.32. The van der Waals surface area contributed by atoms with Crippen LogP contribution in [0.1, 0.15) is 29.6 Å². The van der Waals surface area contributed by atoms with Crippen molar-refractivity contribution in [3.63, 3.8) is 0 Å². The van der Waals surface area contributed by atoms with E-state index in [-0.39, 0.29) is 6.42 Å². The highest BCUT2D eigenvalue weighted by molar-refractivity contribution is 7.17. The molecule has 0 fully saturated rings. The highest BCUT2D eigenvalue weighted by Gasteiger charge is 2.26. The number of thiazole rings is 1. The van der Waals surface area contributed by atoms with Crippen LogP contribution in [0.5, 0.6) is 0 Å². The molecule has 3 aromatic rings. The van der Waals surface area contributed by atoms with Crippen molar-refractivity contribution in [1.82, 2.24) is 14.4 Å². The number of carboxylic acid groups (broad SMARTS) is 1. The van der Waals surface area contributed by atoms with E-state index in [2.05, 4.69) is 16.3 Å². The van der Waals surface area contributed by atoms with E-state index >= 15 is 0 Å². The average Bonchev–Trinajstić information content (AvgIpc) is 3.04. The van der Waals surface area contributed by atoms with Gasteiger partial charge in [-0.1, -0.05) is 6.92 Å². The SMILES string of the molecule is CC1CCc2c(sc3nc(-c4cccnc4)c(CC(=O)O)n23)C1. The third-order valence-corrected chi connectivity index (χ3v) is 5.51. The summed E-state index contributed by atoms with van der Waals surface area (Å²) in [5, 5.41) is 9.35. The smallest absolute Gasteiger partial charge is 0.309 e. The van der Waals surface area contributed by atoms with E-state index in [0.717, 1.165) is 41.2 Å². The summed E-state index contributed by atoms with van der Waals surface area (Å²) in [5.41, 5.74) is 3.64. The molecule has 1 atom stereocenters. The number of aliphatic carboxylic acids is 1. The second kappa shape index (κ2) is 5.45. The minimum Gasteiger partial charge on any atom is -0.481 e. The maximum Gasteiger partial charge on any atom is 0.309 e. The quantitative estimate of drug-likeness (QED) is 0.802. The summed E-state index contributed by atoms with van der Waals surface area (Å²) in [4.78, 5) is 22.5. The second-order valence-electron chi connectivity index (χ2n) is 6.16. The van der Waals surface area contributed by atoms with E-state index in [9.17, 15) is 9.90 Å². The molecule has 6 heteroatoms. The Labute approximate surface area is 137 Å². The predicted octanol–water partition coefficient (Wildman–Crippen LogP) is 3.21. The lowest BCUT2D eigenvalue weighted by atomic mass is 9.93. The molecular weight excluding hydrogens is 310 g/mol. The van der Waals surface area contributed by atoms with Crippen LogP contribution in [0.4, 0.5) is 0 Å². The third kappa shape index (κ3) is 2.43. The van der Waals surface area contributed by atoms with Crippen molar-refractivity contribution in [3.05, 3.63) is 40.8 Å². The van der Waals surface area contributed by atoms with E-state index in [0.29, 0.717) is 5.92 Å². The van der Waals surface area contributed by atoms with Gasteiger partial charge in [0.25, 0.3) is 0 Å². The highest BCUT2D eigenvalue weighted by atomic mass is 32.1. The highest BCUT2D eigenvalue weighted by Crippen LogP contribution is 2.36. The Kier molecular flexibility index (Phi) is 3.41. The zero-order valence-electron chi connectivity index (χ0n) is 12.8. The molecule has 1 aliphatic carbocycles. The first-order valence-electron chi connectivity index (χ1n) is 7.77. The molecule has 0 bridgehead atoms. The molecular formula is C17H17N3O2S. The summed E-state index contributed by atoms with van der Waals surface area (Å²) >= 11 is 1.70. The molecule has 0 aromatic carbocycles. The number of pyridine rings is 1. The Morgan fingerprint density at radius 3 is 3.13 bits per heavy atom. The lowest BCUT2D eigenvalue weighted by Gasteiger charge is -2.18. The maximum atomic E-state index is 11.4. The van der Waals surface area contributed by atoms with Crippen LogP contribution in [0.15, 0.2) is 24.5 Å². The molecule has 0 saturated carbocycles. The van der Waals surface area contributed by atoms with Crippen LogP contribution in [-0.2, 0) is 24.1 Å². The number of aromatic nitrogens is 3. The van der Waals surface area contributed by atoms with Crippen LogP contribution in [0.25, 0.3) is 16.2 Å². The van der Waals surface area contributed by atoms with Gasteiger partial charge in [-0.2, -0.15) is 0 Å². The zero-order valence-corrected chi connectivity index (χ0v) is 13.6. The summed E-state index contributed by atoms with van der Waals surface area (Å²) < 4.78 is 2.09. The second-order valence-corrected chi connectivity index (χ2v) is 7.22. The number of carboxylic acids is 1. The van der Waals surface area contributed by atoms with Crippen molar-refractivity contribution in [2.45, 2.75) is 32.6 Å². The van der Waals surface area contributed by atoms with Crippen molar-refractivity contribution < 1.29 is 9.90 Å². The Morgan fingerprint density at radius 1 is 1.52 bits per heavy atom. The summed E-state index contributed by atoms with van der Waals surface area (Å²) in [6.45, 7) is 2.27. The summed E-state index contributed by atoms with van der Waals surface area (Å²) in [6.07, 6.45) is 6.63. The Morgan fingerprint density at radius 2 is 2.39 bits per heavy atom. The fraction of sp³-hybridized carbons (Fsp3) is 0.353. The van der Waals surface area contributed by atoms with Gasteiger partial charge >= 0.3 is 5.97 Å². The van der Waals surface area contributed by atoms with Crippen LogP contribution >= 0.6 is 11.3 Å². The van der Waals surface area contributed by atoms with Gasteiger partial charge in [0.2, 0.25) is 0 Å². The molecule has 0 radical (unpaired) electrons. The van der Waals surface area contributed by atoms with Gasteiger partial charge in [0.05, 0.1) is 17.8 Å². The topological polar surface area (TPSA) is 67.5 Å². The summed E-state index contributed by atoms with van der Waals surface area (Å²) in [5.74, 6) is -0.146. The van der Waals surface area contributed by atoms with Gasteiger partial charge in [-0.15, -0.1) is 11.3 Å². The molecule has 1 unspecified atom stereocenters. The van der Waals surface area contributed by atoms with Crippen LogP contribution < -0.4 is 0 Å². The normalized spacial score (nSPS) is 17.3. The van der Waals surface area contributed by atoms with Gasteiger partial charge in [-0.25, -0.2) is 4.98 Å². The lowest BCUT2D eigenvalue weighted by molar-refractivity contribution is -0.136. The van der Waals surface area contributed by atoms with Crippen LogP contribution in [0, 0.1) is 5.92 Å². The van der Waals surface area contributed by atoms with Gasteiger partial charge in [0.1, 0.15) is 0 Å². The summed E-state index contributed by atoms with van der Waals surface area (Å²) in [7, 11) is 0. The Hall–Kier alpha value is -2.21. The van der Waals surface area contributed by atoms with E-state index < -0.39 is 5.97 Å². The zero-order chi connectivity index (χ0) is 16.0. The Balaban J connectivity index is 1.94. The number of hydrogen-bond donors (Lipinski definition) is 1. The van der Waals surface area contributed by atoms with E-state index in [4.69, 9.17) is 4.98 Å². The van der Waals surface area contributed by atoms with E-state index in [1.165, 1.54) is 10.6 Å². The lowest BCUT2D eigenvalue weighted by Crippen LogP contribution is -2.13. The molecule has 5 nitrogen and oxygen atoms in total. The van der Waals surface area contributed by atoms with Gasteiger partial charge in [0, 0.05) is 28.5 Å². The number of imidazole rings is 1. The minimum atomic E-state index is -0.832. The first-order valence-corrected chi connectivity index (χ1v) is 8.59.